The molecule has 1 amide bonds. The summed E-state index contributed by atoms with van der Waals surface area (Å²) in [7, 11) is -4.06. The number of hydrogen-bond donors (Lipinski definition) is 2. The average Bonchev–Trinajstić information content (AvgIpc) is 2.42. The van der Waals surface area contributed by atoms with Crippen LogP contribution in [0.3, 0.4) is 0 Å². The van der Waals surface area contributed by atoms with Crippen LogP contribution in [0.1, 0.15) is 15.9 Å². The molecule has 0 spiro atoms. The van der Waals surface area contributed by atoms with Gasteiger partial charge in [0.05, 0.1) is 10.7 Å². The molecule has 0 bridgehead atoms. The van der Waals surface area contributed by atoms with Gasteiger partial charge in [0, 0.05) is 5.56 Å². The van der Waals surface area contributed by atoms with Crippen LogP contribution in [0.4, 0.5) is 10.1 Å². The molecule has 0 aromatic heterocycles. The van der Waals surface area contributed by atoms with Crippen molar-refractivity contribution in [1.82, 2.24) is 0 Å². The highest BCUT2D eigenvalue weighted by atomic mass is 35.5. The summed E-state index contributed by atoms with van der Waals surface area (Å²) in [5.41, 5.74) is 0.754. The maximum absolute atomic E-state index is 13.6. The molecule has 3 N–H and O–H groups in total. The van der Waals surface area contributed by atoms with Gasteiger partial charge >= 0.3 is 0 Å². The number of aryl methyl sites for hydroxylation is 1. The SMILES string of the molecule is Cc1ccc(F)c(NC(=O)c2ccc(Cl)c(S(N)(=O)=O)c2)c1. The number of anilines is 1. The summed E-state index contributed by atoms with van der Waals surface area (Å²) in [6.07, 6.45) is 0. The van der Waals surface area contributed by atoms with Crippen LogP contribution < -0.4 is 10.5 Å². The third kappa shape index (κ3) is 3.62. The third-order valence-corrected chi connectivity index (χ3v) is 4.26. The van der Waals surface area contributed by atoms with Crippen molar-refractivity contribution in [2.75, 3.05) is 5.32 Å². The van der Waals surface area contributed by atoms with E-state index in [-0.39, 0.29) is 21.2 Å². The van der Waals surface area contributed by atoms with Crippen molar-refractivity contribution in [3.05, 3.63) is 58.4 Å². The van der Waals surface area contributed by atoms with Crippen molar-refractivity contribution in [2.45, 2.75) is 11.8 Å². The van der Waals surface area contributed by atoms with E-state index in [4.69, 9.17) is 16.7 Å². The molecule has 116 valence electrons. The van der Waals surface area contributed by atoms with Crippen molar-refractivity contribution in [1.29, 1.82) is 0 Å². The fourth-order valence-electron chi connectivity index (χ4n) is 1.79. The van der Waals surface area contributed by atoms with E-state index in [1.807, 2.05) is 0 Å². The lowest BCUT2D eigenvalue weighted by molar-refractivity contribution is 0.102. The second kappa shape index (κ2) is 6.04. The molecule has 2 aromatic carbocycles. The highest BCUT2D eigenvalue weighted by molar-refractivity contribution is 7.89. The molecule has 0 aliphatic heterocycles. The van der Waals surface area contributed by atoms with Gasteiger partial charge in [-0.25, -0.2) is 17.9 Å². The maximum Gasteiger partial charge on any atom is 0.255 e. The number of carbonyl (C=O) groups excluding carboxylic acids is 1. The number of carbonyl (C=O) groups is 1. The van der Waals surface area contributed by atoms with E-state index in [0.29, 0.717) is 0 Å². The van der Waals surface area contributed by atoms with Crippen LogP contribution in [0.25, 0.3) is 0 Å². The van der Waals surface area contributed by atoms with Gasteiger partial charge in [-0.3, -0.25) is 4.79 Å². The lowest BCUT2D eigenvalue weighted by atomic mass is 10.2. The molecular weight excluding hydrogens is 331 g/mol. The second-order valence-electron chi connectivity index (χ2n) is 4.63. The standard InChI is InChI=1S/C14H12ClFN2O3S/c1-8-2-5-11(16)12(6-8)18-14(19)9-3-4-10(15)13(7-9)22(17,20)21/h2-7H,1H3,(H,18,19)(H2,17,20,21). The number of halogens is 2. The first-order valence-electron chi connectivity index (χ1n) is 6.08. The highest BCUT2D eigenvalue weighted by Gasteiger charge is 2.17. The number of hydrogen-bond acceptors (Lipinski definition) is 3. The van der Waals surface area contributed by atoms with Crippen molar-refractivity contribution in [3.8, 4) is 0 Å². The number of nitrogens with two attached hydrogens (primary N) is 1. The van der Waals surface area contributed by atoms with Gasteiger partial charge in [-0.05, 0) is 42.8 Å². The molecule has 22 heavy (non-hydrogen) atoms. The van der Waals surface area contributed by atoms with Crippen molar-refractivity contribution < 1.29 is 17.6 Å². The Bertz CT molecular complexity index is 853. The van der Waals surface area contributed by atoms with Crippen LogP contribution in [-0.2, 0) is 10.0 Å². The van der Waals surface area contributed by atoms with Gasteiger partial charge in [-0.15, -0.1) is 0 Å². The van der Waals surface area contributed by atoms with E-state index >= 15 is 0 Å². The van der Waals surface area contributed by atoms with Crippen LogP contribution in [0, 0.1) is 12.7 Å². The number of primary sulfonamides is 1. The Hall–Kier alpha value is -1.96. The lowest BCUT2D eigenvalue weighted by Gasteiger charge is -2.09. The quantitative estimate of drug-likeness (QED) is 0.898. The topological polar surface area (TPSA) is 89.3 Å². The predicted octanol–water partition coefficient (Wildman–Crippen LogP) is 2.69. The Morgan fingerprint density at radius 1 is 1.23 bits per heavy atom. The van der Waals surface area contributed by atoms with E-state index in [1.54, 1.807) is 13.0 Å². The Kier molecular flexibility index (Phi) is 4.50. The number of nitrogens with one attached hydrogen (secondary N) is 1. The van der Waals surface area contributed by atoms with Crippen LogP contribution in [0.5, 0.6) is 0 Å². The van der Waals surface area contributed by atoms with Crippen LogP contribution in [0.15, 0.2) is 41.3 Å². The smallest absolute Gasteiger partial charge is 0.255 e. The number of sulfonamides is 1. The molecule has 0 unspecified atom stereocenters. The lowest BCUT2D eigenvalue weighted by Crippen LogP contribution is -2.16. The Balaban J connectivity index is 2.36. The van der Waals surface area contributed by atoms with E-state index < -0.39 is 21.7 Å². The maximum atomic E-state index is 13.6. The van der Waals surface area contributed by atoms with Gasteiger partial charge in [-0.2, -0.15) is 0 Å². The van der Waals surface area contributed by atoms with Gasteiger partial charge < -0.3 is 5.32 Å². The third-order valence-electron chi connectivity index (χ3n) is 2.87. The van der Waals surface area contributed by atoms with Gasteiger partial charge in [0.25, 0.3) is 5.91 Å². The summed E-state index contributed by atoms with van der Waals surface area (Å²) in [5.74, 6) is -1.27. The summed E-state index contributed by atoms with van der Waals surface area (Å²) in [6.45, 7) is 1.75. The molecular formula is C14H12ClFN2O3S. The van der Waals surface area contributed by atoms with Gasteiger partial charge in [0.15, 0.2) is 0 Å². The molecule has 0 saturated carbocycles. The zero-order valence-electron chi connectivity index (χ0n) is 11.4. The summed E-state index contributed by atoms with van der Waals surface area (Å²) in [6, 6.07) is 7.85. The van der Waals surface area contributed by atoms with E-state index in [2.05, 4.69) is 5.32 Å². The van der Waals surface area contributed by atoms with Crippen LogP contribution in [0.2, 0.25) is 5.02 Å². The molecule has 5 nitrogen and oxygen atoms in total. The predicted molar refractivity (Wildman–Crippen MR) is 81.9 cm³/mol. The number of rotatable bonds is 3. The largest absolute Gasteiger partial charge is 0.319 e. The molecule has 2 rings (SSSR count). The van der Waals surface area contributed by atoms with Gasteiger partial charge in [0.1, 0.15) is 10.7 Å². The first-order valence-corrected chi connectivity index (χ1v) is 8.01. The Morgan fingerprint density at radius 3 is 2.55 bits per heavy atom. The molecule has 0 fully saturated rings. The molecule has 0 saturated heterocycles. The fraction of sp³-hybridized carbons (Fsp3) is 0.0714. The molecule has 0 radical (unpaired) electrons. The average molecular weight is 343 g/mol. The van der Waals surface area contributed by atoms with Crippen molar-refractivity contribution >= 4 is 33.2 Å². The Morgan fingerprint density at radius 2 is 1.91 bits per heavy atom. The highest BCUT2D eigenvalue weighted by Crippen LogP contribution is 2.23. The summed E-state index contributed by atoms with van der Waals surface area (Å²) in [4.78, 5) is 11.7. The van der Waals surface area contributed by atoms with Crippen LogP contribution in [-0.4, -0.2) is 14.3 Å². The number of benzene rings is 2. The number of amides is 1. The first kappa shape index (κ1) is 16.4. The van der Waals surface area contributed by atoms with Crippen molar-refractivity contribution in [3.63, 3.8) is 0 Å². The van der Waals surface area contributed by atoms with Crippen molar-refractivity contribution in [2.24, 2.45) is 5.14 Å². The summed E-state index contributed by atoms with van der Waals surface area (Å²) in [5, 5.41) is 7.30. The monoisotopic (exact) mass is 342 g/mol. The van der Waals surface area contributed by atoms with Gasteiger partial charge in [-0.1, -0.05) is 17.7 Å². The van der Waals surface area contributed by atoms with E-state index in [1.165, 1.54) is 24.3 Å². The van der Waals surface area contributed by atoms with E-state index in [9.17, 15) is 17.6 Å². The molecule has 0 heterocycles. The molecule has 0 aliphatic rings. The normalized spacial score (nSPS) is 11.3. The molecule has 8 heteroatoms. The fourth-order valence-corrected chi connectivity index (χ4v) is 2.86. The van der Waals surface area contributed by atoms with E-state index in [0.717, 1.165) is 11.6 Å². The molecule has 2 aromatic rings. The summed E-state index contributed by atoms with van der Waals surface area (Å²) < 4.78 is 36.4. The summed E-state index contributed by atoms with van der Waals surface area (Å²) >= 11 is 5.74. The second-order valence-corrected chi connectivity index (χ2v) is 6.56. The Labute approximate surface area is 131 Å². The molecule has 0 atom stereocenters. The minimum Gasteiger partial charge on any atom is -0.319 e. The zero-order chi connectivity index (χ0) is 16.5. The molecule has 0 aliphatic carbocycles. The van der Waals surface area contributed by atoms with Gasteiger partial charge in [0.2, 0.25) is 10.0 Å². The minimum atomic E-state index is -4.06. The van der Waals surface area contributed by atoms with Crippen LogP contribution >= 0.6 is 11.6 Å². The zero-order valence-corrected chi connectivity index (χ0v) is 13.0. The first-order chi connectivity index (χ1) is 10.2. The minimum absolute atomic E-state index is 0.00268.